The van der Waals surface area contributed by atoms with E-state index in [1.165, 1.54) is 12.8 Å². The van der Waals surface area contributed by atoms with Crippen LogP contribution >= 0.6 is 0 Å². The van der Waals surface area contributed by atoms with Gasteiger partial charge in [0.1, 0.15) is 0 Å². The van der Waals surface area contributed by atoms with Crippen LogP contribution < -0.4 is 0 Å². The van der Waals surface area contributed by atoms with E-state index in [2.05, 4.69) is 88.6 Å². The summed E-state index contributed by atoms with van der Waals surface area (Å²) in [7, 11) is 0. The first kappa shape index (κ1) is 55.8. The summed E-state index contributed by atoms with van der Waals surface area (Å²) in [6.07, 6.45) is 12.2. The smallest absolute Gasteiger partial charge is 0.0236 e. The van der Waals surface area contributed by atoms with Gasteiger partial charge in [-0.2, -0.15) is 0 Å². The van der Waals surface area contributed by atoms with Crippen molar-refractivity contribution in [3.05, 3.63) is 73.4 Å². The molecule has 0 aliphatic heterocycles. The zero-order valence-corrected chi connectivity index (χ0v) is 29.9. The van der Waals surface area contributed by atoms with Crippen molar-refractivity contribution in [1.82, 2.24) is 0 Å². The van der Waals surface area contributed by atoms with Crippen molar-refractivity contribution < 1.29 is 0 Å². The highest BCUT2D eigenvalue weighted by atomic mass is 14.1. The minimum atomic E-state index is 0.681. The van der Waals surface area contributed by atoms with Crippen LogP contribution in [0.25, 0.3) is 0 Å². The van der Waals surface area contributed by atoms with Gasteiger partial charge in [-0.1, -0.05) is 192 Å². The van der Waals surface area contributed by atoms with Gasteiger partial charge < -0.3 is 0 Å². The van der Waals surface area contributed by atoms with Gasteiger partial charge in [-0.3, -0.25) is 0 Å². The van der Waals surface area contributed by atoms with Gasteiger partial charge >= 0.3 is 0 Å². The molecule has 0 aliphatic carbocycles. The lowest BCUT2D eigenvalue weighted by molar-refractivity contribution is 0.447. The van der Waals surface area contributed by atoms with E-state index < -0.39 is 0 Å². The first-order valence-corrected chi connectivity index (χ1v) is 15.3. The molecule has 0 saturated heterocycles. The Hall–Kier alpha value is -1.56. The molecule has 0 heteroatoms. The van der Waals surface area contributed by atoms with Crippen LogP contribution in [0.4, 0.5) is 0 Å². The molecule has 0 spiro atoms. The predicted molar refractivity (Wildman–Crippen MR) is 187 cm³/mol. The van der Waals surface area contributed by atoms with Crippen molar-refractivity contribution in [2.75, 3.05) is 0 Å². The lowest BCUT2D eigenvalue weighted by atomic mass is 9.94. The summed E-state index contributed by atoms with van der Waals surface area (Å²) >= 11 is 0. The Bertz CT molecular complexity index is 466. The summed E-state index contributed by atoms with van der Waals surface area (Å²) in [5.41, 5.74) is 3.26. The van der Waals surface area contributed by atoms with Crippen LogP contribution in [0.2, 0.25) is 0 Å². The first-order chi connectivity index (χ1) is 17.3. The molecular weight excluding hydrogens is 444 g/mol. The summed E-state index contributed by atoms with van der Waals surface area (Å²) in [5, 5.41) is 0. The molecule has 0 radical (unpaired) electrons. The standard InChI is InChI=1S/C12H16.C8H16.C5H12.C4H10.4C2H6/c1-6-8-11(5)9-12(7-2)10(3)4;1-5-7(3)8(4)6-2;1-4-5(2)3;1-4(2)3;4*1-2/h6-9H,1-3H2,4-5H3;5,7-8H,1,6H2,2-4H3;5H,4H2,1-3H3;4H,1-3H3;4*1-2H3/b11-8-,12-9+;;;;;;;. The molecule has 0 amide bonds. The molecule has 0 bridgehead atoms. The minimum absolute atomic E-state index is 0.681. The molecule has 0 aliphatic rings. The van der Waals surface area contributed by atoms with Gasteiger partial charge in [0, 0.05) is 0 Å². The second-order valence-electron chi connectivity index (χ2n) is 8.75. The molecule has 2 unspecified atom stereocenters. The van der Waals surface area contributed by atoms with E-state index >= 15 is 0 Å². The highest BCUT2D eigenvalue weighted by Crippen LogP contribution is 2.14. The Morgan fingerprint density at radius 1 is 0.676 bits per heavy atom. The first-order valence-electron chi connectivity index (χ1n) is 15.3. The lowest BCUT2D eigenvalue weighted by Crippen LogP contribution is -2.01. The quantitative estimate of drug-likeness (QED) is 0.219. The zero-order chi connectivity index (χ0) is 32.0. The van der Waals surface area contributed by atoms with Crippen molar-refractivity contribution in [2.24, 2.45) is 23.7 Å². The van der Waals surface area contributed by atoms with Gasteiger partial charge in [0.2, 0.25) is 0 Å². The molecule has 0 N–H and O–H groups in total. The Labute approximate surface area is 241 Å². The maximum Gasteiger partial charge on any atom is -0.0236 e. The van der Waals surface area contributed by atoms with Crippen LogP contribution in [-0.2, 0) is 0 Å². The number of hydrogen-bond donors (Lipinski definition) is 0. The van der Waals surface area contributed by atoms with Crippen LogP contribution in [0.1, 0.15) is 144 Å². The Morgan fingerprint density at radius 2 is 1.00 bits per heavy atom. The largest absolute Gasteiger partial charge is 0.103 e. The third kappa shape index (κ3) is 78.8. The molecule has 0 fully saturated rings. The molecule has 0 saturated carbocycles. The van der Waals surface area contributed by atoms with E-state index in [1.54, 1.807) is 6.08 Å². The summed E-state index contributed by atoms with van der Waals surface area (Å²) in [4.78, 5) is 0. The molecule has 2 atom stereocenters. The van der Waals surface area contributed by atoms with Crippen molar-refractivity contribution in [1.29, 1.82) is 0 Å². The lowest BCUT2D eigenvalue weighted by Gasteiger charge is -2.12. The van der Waals surface area contributed by atoms with Crippen LogP contribution in [0.15, 0.2) is 73.4 Å². The van der Waals surface area contributed by atoms with Crippen molar-refractivity contribution >= 4 is 0 Å². The van der Waals surface area contributed by atoms with Crippen LogP contribution in [-0.4, -0.2) is 0 Å². The second kappa shape index (κ2) is 55.1. The van der Waals surface area contributed by atoms with E-state index in [0.717, 1.165) is 34.5 Å². The van der Waals surface area contributed by atoms with E-state index in [-0.39, 0.29) is 0 Å². The monoisotopic (exact) mass is 523 g/mol. The molecule has 0 rings (SSSR count). The maximum absolute atomic E-state index is 3.85. The zero-order valence-electron chi connectivity index (χ0n) is 29.9. The number of hydrogen-bond acceptors (Lipinski definition) is 0. The summed E-state index contributed by atoms with van der Waals surface area (Å²) in [5.74, 6) is 3.20. The molecule has 37 heavy (non-hydrogen) atoms. The fraction of sp³-hybridized carbons (Fsp3) is 0.676. The fourth-order valence-electron chi connectivity index (χ4n) is 1.44. The third-order valence-corrected chi connectivity index (χ3v) is 4.21. The maximum atomic E-state index is 3.85. The van der Waals surface area contributed by atoms with E-state index in [4.69, 9.17) is 0 Å². The molecule has 0 heterocycles. The van der Waals surface area contributed by atoms with Crippen LogP contribution in [0.5, 0.6) is 0 Å². The van der Waals surface area contributed by atoms with E-state index in [0.29, 0.717) is 5.92 Å². The highest BCUT2D eigenvalue weighted by Gasteiger charge is 2.03. The molecule has 0 nitrogen and oxygen atoms in total. The molecule has 0 aromatic rings. The van der Waals surface area contributed by atoms with Gasteiger partial charge in [0.05, 0.1) is 0 Å². The Balaban J connectivity index is -0.0000000489. The third-order valence-electron chi connectivity index (χ3n) is 4.21. The fourth-order valence-corrected chi connectivity index (χ4v) is 1.44. The normalized spacial score (nSPS) is 10.7. The summed E-state index contributed by atoms with van der Waals surface area (Å²) in [6.45, 7) is 54.7. The van der Waals surface area contributed by atoms with Gasteiger partial charge in [-0.25, -0.2) is 0 Å². The van der Waals surface area contributed by atoms with Crippen molar-refractivity contribution in [3.8, 4) is 0 Å². The number of allylic oxidation sites excluding steroid dienone is 8. The average molecular weight is 523 g/mol. The van der Waals surface area contributed by atoms with Crippen LogP contribution in [0, 0.1) is 23.7 Å². The number of rotatable bonds is 8. The molecule has 226 valence electrons. The molecular formula is C37H78. The van der Waals surface area contributed by atoms with Crippen molar-refractivity contribution in [2.45, 2.75) is 144 Å². The Morgan fingerprint density at radius 3 is 1.14 bits per heavy atom. The van der Waals surface area contributed by atoms with Gasteiger partial charge in [0.15, 0.2) is 0 Å². The summed E-state index contributed by atoms with van der Waals surface area (Å²) < 4.78 is 0. The van der Waals surface area contributed by atoms with Gasteiger partial charge in [0.25, 0.3) is 0 Å². The predicted octanol–water partition coefficient (Wildman–Crippen LogP) is 14.5. The second-order valence-corrected chi connectivity index (χ2v) is 8.75. The minimum Gasteiger partial charge on any atom is -0.103 e. The Kier molecular flexibility index (Phi) is 83.1. The van der Waals surface area contributed by atoms with Crippen molar-refractivity contribution in [3.63, 3.8) is 0 Å². The van der Waals surface area contributed by atoms with Gasteiger partial charge in [-0.05, 0) is 43.1 Å². The average Bonchev–Trinajstić information content (AvgIpc) is 2.91. The highest BCUT2D eigenvalue weighted by molar-refractivity contribution is 5.41. The SMILES string of the molecule is C=C/C=C(C)\C=C(/C=C)C(=C)C.C=CC(C)C(C)CC.CC.CC.CC.CC.CC(C)C.CCC(C)C. The topological polar surface area (TPSA) is 0 Å². The molecule has 0 aromatic carbocycles. The van der Waals surface area contributed by atoms with Gasteiger partial charge in [-0.15, -0.1) is 6.58 Å². The molecule has 0 aromatic heterocycles. The van der Waals surface area contributed by atoms with E-state index in [9.17, 15) is 0 Å². The summed E-state index contributed by atoms with van der Waals surface area (Å²) in [6, 6.07) is 0. The van der Waals surface area contributed by atoms with Crippen LogP contribution in [0.3, 0.4) is 0 Å². The van der Waals surface area contributed by atoms with E-state index in [1.807, 2.05) is 93.5 Å².